The average Bonchev–Trinajstić information content (AvgIpc) is 2.44. The molecule has 1 aliphatic rings. The molecule has 0 spiro atoms. The monoisotopic (exact) mass is 262 g/mol. The molecule has 0 saturated heterocycles. The number of rotatable bonds is 5. The summed E-state index contributed by atoms with van der Waals surface area (Å²) in [5, 5.41) is 3.46. The highest BCUT2D eigenvalue weighted by Gasteiger charge is 2.42. The molecule has 1 heterocycles. The Morgan fingerprint density at radius 3 is 2.74 bits per heavy atom. The van der Waals surface area contributed by atoms with Gasteiger partial charge in [0.25, 0.3) is 0 Å². The maximum absolute atomic E-state index is 6.24. The van der Waals surface area contributed by atoms with Gasteiger partial charge in [0.2, 0.25) is 0 Å². The second kappa shape index (κ2) is 6.49. The fourth-order valence-corrected chi connectivity index (χ4v) is 3.33. The molecule has 1 aromatic rings. The first-order valence-electron chi connectivity index (χ1n) is 7.43. The zero-order valence-corrected chi connectivity index (χ0v) is 12.4. The van der Waals surface area contributed by atoms with Crippen LogP contribution in [0.25, 0.3) is 0 Å². The predicted octanol–water partition coefficient (Wildman–Crippen LogP) is 3.33. The van der Waals surface area contributed by atoms with Crippen LogP contribution >= 0.6 is 0 Å². The number of pyridine rings is 1. The van der Waals surface area contributed by atoms with Crippen LogP contribution in [0.3, 0.4) is 0 Å². The van der Waals surface area contributed by atoms with Crippen LogP contribution in [0.15, 0.2) is 24.5 Å². The van der Waals surface area contributed by atoms with Gasteiger partial charge < -0.3 is 10.1 Å². The molecule has 0 radical (unpaired) electrons. The average molecular weight is 262 g/mol. The van der Waals surface area contributed by atoms with Crippen LogP contribution in [0.1, 0.15) is 51.1 Å². The Kier molecular flexibility index (Phi) is 4.94. The Balaban J connectivity index is 2.26. The first kappa shape index (κ1) is 14.5. The number of hydrogen-bond acceptors (Lipinski definition) is 3. The topological polar surface area (TPSA) is 34.1 Å². The van der Waals surface area contributed by atoms with Crippen molar-refractivity contribution in [2.45, 2.75) is 51.2 Å². The van der Waals surface area contributed by atoms with Gasteiger partial charge in [-0.25, -0.2) is 0 Å². The summed E-state index contributed by atoms with van der Waals surface area (Å²) in [5.74, 6) is 0.819. The standard InChI is InChI=1S/C16H26N2O/c1-4-19-16(9-7-13(2)8-10-16)15(17-3)14-6-5-11-18-12-14/h5-6,11-13,15,17H,4,7-10H2,1-3H3. The summed E-state index contributed by atoms with van der Waals surface area (Å²) in [6.07, 6.45) is 8.54. The van der Waals surface area contributed by atoms with E-state index in [0.717, 1.165) is 25.4 Å². The molecule has 19 heavy (non-hydrogen) atoms. The molecule has 2 rings (SSSR count). The minimum absolute atomic E-state index is 0.0704. The normalized spacial score (nSPS) is 29.1. The summed E-state index contributed by atoms with van der Waals surface area (Å²) < 4.78 is 6.24. The molecule has 1 fully saturated rings. The van der Waals surface area contributed by atoms with E-state index in [9.17, 15) is 0 Å². The lowest BCUT2D eigenvalue weighted by molar-refractivity contribution is -0.0963. The SMILES string of the molecule is CCOC1(C(NC)c2cccnc2)CCC(C)CC1. The van der Waals surface area contributed by atoms with Gasteiger partial charge in [-0.15, -0.1) is 0 Å². The van der Waals surface area contributed by atoms with Crippen molar-refractivity contribution in [1.82, 2.24) is 10.3 Å². The van der Waals surface area contributed by atoms with E-state index < -0.39 is 0 Å². The molecule has 1 aliphatic carbocycles. The lowest BCUT2D eigenvalue weighted by Crippen LogP contribution is -2.47. The second-order valence-corrected chi connectivity index (χ2v) is 5.69. The first-order valence-corrected chi connectivity index (χ1v) is 7.43. The fraction of sp³-hybridized carbons (Fsp3) is 0.688. The lowest BCUT2D eigenvalue weighted by atomic mass is 9.73. The zero-order chi connectivity index (χ0) is 13.7. The van der Waals surface area contributed by atoms with Crippen LogP contribution in [0.4, 0.5) is 0 Å². The van der Waals surface area contributed by atoms with Gasteiger partial charge in [0.05, 0.1) is 11.6 Å². The first-order chi connectivity index (χ1) is 9.22. The minimum atomic E-state index is -0.0704. The Hall–Kier alpha value is -0.930. The Morgan fingerprint density at radius 1 is 1.47 bits per heavy atom. The van der Waals surface area contributed by atoms with Crippen molar-refractivity contribution in [2.75, 3.05) is 13.7 Å². The molecule has 0 amide bonds. The second-order valence-electron chi connectivity index (χ2n) is 5.69. The van der Waals surface area contributed by atoms with E-state index in [2.05, 4.69) is 30.2 Å². The smallest absolute Gasteiger partial charge is 0.0876 e. The van der Waals surface area contributed by atoms with Crippen molar-refractivity contribution < 1.29 is 4.74 Å². The van der Waals surface area contributed by atoms with E-state index >= 15 is 0 Å². The number of aromatic nitrogens is 1. The molecule has 1 N–H and O–H groups in total. The molecule has 106 valence electrons. The maximum atomic E-state index is 6.24. The van der Waals surface area contributed by atoms with Crippen molar-refractivity contribution in [3.63, 3.8) is 0 Å². The van der Waals surface area contributed by atoms with Gasteiger partial charge in [0, 0.05) is 19.0 Å². The third kappa shape index (κ3) is 3.15. The molecule has 0 aliphatic heterocycles. The van der Waals surface area contributed by atoms with Gasteiger partial charge in [-0.1, -0.05) is 13.0 Å². The summed E-state index contributed by atoms with van der Waals surface area (Å²) in [7, 11) is 2.02. The Morgan fingerprint density at radius 2 is 2.21 bits per heavy atom. The van der Waals surface area contributed by atoms with Crippen molar-refractivity contribution in [1.29, 1.82) is 0 Å². The van der Waals surface area contributed by atoms with Crippen molar-refractivity contribution in [3.05, 3.63) is 30.1 Å². The van der Waals surface area contributed by atoms with Gasteiger partial charge in [0.15, 0.2) is 0 Å². The third-order valence-electron chi connectivity index (χ3n) is 4.38. The number of ether oxygens (including phenoxy) is 1. The molecule has 1 saturated carbocycles. The highest BCUT2D eigenvalue weighted by Crippen LogP contribution is 2.42. The zero-order valence-electron chi connectivity index (χ0n) is 12.4. The van der Waals surface area contributed by atoms with Crippen LogP contribution < -0.4 is 5.32 Å². The van der Waals surface area contributed by atoms with E-state index in [1.165, 1.54) is 18.4 Å². The van der Waals surface area contributed by atoms with E-state index in [1.54, 1.807) is 0 Å². The number of nitrogens with one attached hydrogen (secondary N) is 1. The summed E-state index contributed by atoms with van der Waals surface area (Å²) >= 11 is 0. The highest BCUT2D eigenvalue weighted by atomic mass is 16.5. The Labute approximate surface area is 116 Å². The van der Waals surface area contributed by atoms with Gasteiger partial charge in [-0.05, 0) is 57.2 Å². The molecular weight excluding hydrogens is 236 g/mol. The molecule has 0 bridgehead atoms. The van der Waals surface area contributed by atoms with E-state index in [4.69, 9.17) is 4.74 Å². The van der Waals surface area contributed by atoms with Crippen LogP contribution in [0, 0.1) is 5.92 Å². The third-order valence-corrected chi connectivity index (χ3v) is 4.38. The molecule has 3 heteroatoms. The molecular formula is C16H26N2O. The molecule has 1 aromatic heterocycles. The summed E-state index contributed by atoms with van der Waals surface area (Å²) in [6.45, 7) is 5.21. The lowest BCUT2D eigenvalue weighted by Gasteiger charge is -2.44. The summed E-state index contributed by atoms with van der Waals surface area (Å²) in [4.78, 5) is 4.26. The van der Waals surface area contributed by atoms with Crippen molar-refractivity contribution in [2.24, 2.45) is 5.92 Å². The van der Waals surface area contributed by atoms with Crippen LogP contribution in [-0.4, -0.2) is 24.2 Å². The van der Waals surface area contributed by atoms with Crippen LogP contribution in [-0.2, 0) is 4.74 Å². The number of nitrogens with zero attached hydrogens (tertiary/aromatic N) is 1. The van der Waals surface area contributed by atoms with E-state index in [0.29, 0.717) is 0 Å². The van der Waals surface area contributed by atoms with Gasteiger partial charge in [-0.3, -0.25) is 4.98 Å². The number of hydrogen-bond donors (Lipinski definition) is 1. The van der Waals surface area contributed by atoms with Crippen molar-refractivity contribution in [3.8, 4) is 0 Å². The number of likely N-dealkylation sites (N-methyl/N-ethyl adjacent to an activating group) is 1. The Bertz CT molecular complexity index is 372. The summed E-state index contributed by atoms with van der Waals surface area (Å²) in [6, 6.07) is 4.38. The molecule has 1 atom stereocenters. The largest absolute Gasteiger partial charge is 0.373 e. The van der Waals surface area contributed by atoms with Crippen molar-refractivity contribution >= 4 is 0 Å². The van der Waals surface area contributed by atoms with Crippen LogP contribution in [0.5, 0.6) is 0 Å². The molecule has 1 unspecified atom stereocenters. The van der Waals surface area contributed by atoms with Crippen LogP contribution in [0.2, 0.25) is 0 Å². The predicted molar refractivity (Wildman–Crippen MR) is 78.0 cm³/mol. The van der Waals surface area contributed by atoms with Gasteiger partial charge in [-0.2, -0.15) is 0 Å². The summed E-state index contributed by atoms with van der Waals surface area (Å²) in [5.41, 5.74) is 1.16. The quantitative estimate of drug-likeness (QED) is 0.884. The minimum Gasteiger partial charge on any atom is -0.373 e. The fourth-order valence-electron chi connectivity index (χ4n) is 3.33. The van der Waals surface area contributed by atoms with Gasteiger partial charge >= 0.3 is 0 Å². The van der Waals surface area contributed by atoms with E-state index in [-0.39, 0.29) is 11.6 Å². The highest BCUT2D eigenvalue weighted by molar-refractivity contribution is 5.19. The molecule has 0 aromatic carbocycles. The molecule has 3 nitrogen and oxygen atoms in total. The van der Waals surface area contributed by atoms with E-state index in [1.807, 2.05) is 25.5 Å². The maximum Gasteiger partial charge on any atom is 0.0876 e. The van der Waals surface area contributed by atoms with Gasteiger partial charge in [0.1, 0.15) is 0 Å².